The van der Waals surface area contributed by atoms with E-state index in [2.05, 4.69) is 31.1 Å². The minimum Gasteiger partial charge on any atom is -0.328 e. The molecule has 1 fully saturated rings. The minimum absolute atomic E-state index is 0.417. The number of hydrogen-bond acceptors (Lipinski definition) is 4. The quantitative estimate of drug-likeness (QED) is 0.871. The van der Waals surface area contributed by atoms with Gasteiger partial charge in [0.2, 0.25) is 0 Å². The Morgan fingerprint density at radius 1 is 1.29 bits per heavy atom. The molecule has 0 aliphatic heterocycles. The van der Waals surface area contributed by atoms with Gasteiger partial charge in [-0.2, -0.15) is 0 Å². The van der Waals surface area contributed by atoms with E-state index in [1.54, 1.807) is 0 Å². The Morgan fingerprint density at radius 2 is 1.94 bits per heavy atom. The zero-order valence-electron chi connectivity index (χ0n) is 11.0. The normalized spacial score (nSPS) is 27.1. The highest BCUT2D eigenvalue weighted by atomic mass is 32.1. The van der Waals surface area contributed by atoms with Crippen molar-refractivity contribution in [3.8, 4) is 0 Å². The zero-order chi connectivity index (χ0) is 12.4. The summed E-state index contributed by atoms with van der Waals surface area (Å²) < 4.78 is 0. The molecule has 1 aliphatic rings. The maximum Gasteiger partial charge on any atom is 0.0900 e. The highest BCUT2D eigenvalue weighted by molar-refractivity contribution is 7.11. The first-order valence-corrected chi connectivity index (χ1v) is 7.33. The highest BCUT2D eigenvalue weighted by Gasteiger charge is 2.21. The molecule has 4 heteroatoms. The predicted octanol–water partition coefficient (Wildman–Crippen LogP) is 2.68. The molecular formula is C13H23N3S. The van der Waals surface area contributed by atoms with Gasteiger partial charge >= 0.3 is 0 Å². The molecule has 1 aliphatic carbocycles. The van der Waals surface area contributed by atoms with Gasteiger partial charge in [-0.1, -0.05) is 0 Å². The van der Waals surface area contributed by atoms with Gasteiger partial charge in [-0.3, -0.25) is 0 Å². The summed E-state index contributed by atoms with van der Waals surface area (Å²) in [6.45, 7) is 6.43. The monoisotopic (exact) mass is 253 g/mol. The third-order valence-electron chi connectivity index (χ3n) is 3.59. The minimum atomic E-state index is 0.417. The number of thiazole rings is 1. The SMILES string of the molecule is Cc1nc(C)c(C(C)NC2CCC(N)CC2)s1. The molecule has 1 heterocycles. The molecule has 0 radical (unpaired) electrons. The molecule has 17 heavy (non-hydrogen) atoms. The summed E-state index contributed by atoms with van der Waals surface area (Å²) in [5.74, 6) is 0. The number of aromatic nitrogens is 1. The van der Waals surface area contributed by atoms with Crippen molar-refractivity contribution in [1.82, 2.24) is 10.3 Å². The van der Waals surface area contributed by atoms with Gasteiger partial charge in [0.15, 0.2) is 0 Å². The van der Waals surface area contributed by atoms with Gasteiger partial charge in [-0.25, -0.2) is 4.98 Å². The lowest BCUT2D eigenvalue weighted by molar-refractivity contribution is 0.323. The topological polar surface area (TPSA) is 50.9 Å². The highest BCUT2D eigenvalue weighted by Crippen LogP contribution is 2.26. The maximum atomic E-state index is 5.93. The van der Waals surface area contributed by atoms with Gasteiger partial charge in [0.1, 0.15) is 0 Å². The fraction of sp³-hybridized carbons (Fsp3) is 0.769. The standard InChI is InChI=1S/C13H23N3S/c1-8-13(17-10(3)15-8)9(2)16-12-6-4-11(14)5-7-12/h9,11-12,16H,4-7,14H2,1-3H3. The molecule has 1 unspecified atom stereocenters. The molecule has 0 spiro atoms. The Bertz CT molecular complexity index is 367. The smallest absolute Gasteiger partial charge is 0.0900 e. The summed E-state index contributed by atoms with van der Waals surface area (Å²) in [5, 5.41) is 4.89. The average molecular weight is 253 g/mol. The molecular weight excluding hydrogens is 230 g/mol. The van der Waals surface area contributed by atoms with Gasteiger partial charge < -0.3 is 11.1 Å². The molecule has 1 atom stereocenters. The molecule has 0 bridgehead atoms. The van der Waals surface area contributed by atoms with Crippen molar-refractivity contribution in [2.45, 2.75) is 64.6 Å². The number of aryl methyl sites for hydroxylation is 2. The summed E-state index contributed by atoms with van der Waals surface area (Å²) in [4.78, 5) is 5.88. The Balaban J connectivity index is 1.93. The van der Waals surface area contributed by atoms with Gasteiger partial charge in [-0.15, -0.1) is 11.3 Å². The summed E-state index contributed by atoms with van der Waals surface area (Å²) in [5.41, 5.74) is 7.11. The van der Waals surface area contributed by atoms with Crippen molar-refractivity contribution >= 4 is 11.3 Å². The molecule has 0 saturated heterocycles. The van der Waals surface area contributed by atoms with Crippen LogP contribution >= 0.6 is 11.3 Å². The Kier molecular flexibility index (Phi) is 4.17. The van der Waals surface area contributed by atoms with Crippen molar-refractivity contribution in [3.63, 3.8) is 0 Å². The van der Waals surface area contributed by atoms with Crippen LogP contribution in [0.3, 0.4) is 0 Å². The van der Waals surface area contributed by atoms with Crippen LogP contribution in [0.25, 0.3) is 0 Å². The van der Waals surface area contributed by atoms with Crippen molar-refractivity contribution in [3.05, 3.63) is 15.6 Å². The summed E-state index contributed by atoms with van der Waals surface area (Å²) in [6, 6.07) is 1.47. The number of nitrogens with two attached hydrogens (primary N) is 1. The van der Waals surface area contributed by atoms with E-state index < -0.39 is 0 Å². The number of hydrogen-bond donors (Lipinski definition) is 2. The Hall–Kier alpha value is -0.450. The first-order valence-electron chi connectivity index (χ1n) is 6.52. The molecule has 3 nitrogen and oxygen atoms in total. The van der Waals surface area contributed by atoms with Crippen LogP contribution < -0.4 is 11.1 Å². The van der Waals surface area contributed by atoms with E-state index in [0.717, 1.165) is 17.8 Å². The van der Waals surface area contributed by atoms with Gasteiger partial charge in [-0.05, 0) is 46.5 Å². The van der Waals surface area contributed by atoms with E-state index in [1.165, 1.54) is 23.4 Å². The number of nitrogens with one attached hydrogen (secondary N) is 1. The van der Waals surface area contributed by atoms with E-state index in [0.29, 0.717) is 18.1 Å². The second-order valence-corrected chi connectivity index (χ2v) is 6.42. The molecule has 3 N–H and O–H groups in total. The third kappa shape index (κ3) is 3.27. The maximum absolute atomic E-state index is 5.93. The molecule has 1 aromatic heterocycles. The molecule has 0 aromatic carbocycles. The molecule has 2 rings (SSSR count). The van der Waals surface area contributed by atoms with Gasteiger partial charge in [0.05, 0.1) is 10.7 Å². The van der Waals surface area contributed by atoms with E-state index in [1.807, 2.05) is 11.3 Å². The largest absolute Gasteiger partial charge is 0.328 e. The van der Waals surface area contributed by atoms with Crippen molar-refractivity contribution in [2.75, 3.05) is 0 Å². The van der Waals surface area contributed by atoms with Crippen molar-refractivity contribution in [2.24, 2.45) is 5.73 Å². The second-order valence-electron chi connectivity index (χ2n) is 5.18. The van der Waals surface area contributed by atoms with Crippen LogP contribution in [0, 0.1) is 13.8 Å². The molecule has 0 amide bonds. The van der Waals surface area contributed by atoms with E-state index in [4.69, 9.17) is 5.73 Å². The van der Waals surface area contributed by atoms with Crippen molar-refractivity contribution in [1.29, 1.82) is 0 Å². The molecule has 1 aromatic rings. The fourth-order valence-electron chi connectivity index (χ4n) is 2.66. The molecule has 1 saturated carbocycles. The summed E-state index contributed by atoms with van der Waals surface area (Å²) in [6.07, 6.45) is 4.74. The van der Waals surface area contributed by atoms with Gasteiger partial charge in [0.25, 0.3) is 0 Å². The van der Waals surface area contributed by atoms with Crippen LogP contribution in [0.1, 0.15) is 54.2 Å². The lowest BCUT2D eigenvalue weighted by atomic mass is 9.91. The van der Waals surface area contributed by atoms with Gasteiger partial charge in [0, 0.05) is 23.0 Å². The van der Waals surface area contributed by atoms with E-state index in [-0.39, 0.29) is 0 Å². The Morgan fingerprint density at radius 3 is 2.47 bits per heavy atom. The fourth-order valence-corrected chi connectivity index (χ4v) is 3.60. The lowest BCUT2D eigenvalue weighted by Gasteiger charge is -2.29. The first kappa shape index (κ1) is 13.0. The average Bonchev–Trinajstić information content (AvgIpc) is 2.61. The van der Waals surface area contributed by atoms with Crippen LogP contribution in [0.15, 0.2) is 0 Å². The predicted molar refractivity (Wildman–Crippen MR) is 73.4 cm³/mol. The van der Waals surface area contributed by atoms with Crippen LogP contribution in [0.2, 0.25) is 0 Å². The lowest BCUT2D eigenvalue weighted by Crippen LogP contribution is -2.38. The third-order valence-corrected chi connectivity index (χ3v) is 4.85. The summed E-state index contributed by atoms with van der Waals surface area (Å²) in [7, 11) is 0. The summed E-state index contributed by atoms with van der Waals surface area (Å²) >= 11 is 1.81. The second kappa shape index (κ2) is 5.46. The van der Waals surface area contributed by atoms with E-state index in [9.17, 15) is 0 Å². The van der Waals surface area contributed by atoms with Crippen LogP contribution in [-0.2, 0) is 0 Å². The van der Waals surface area contributed by atoms with Crippen LogP contribution in [-0.4, -0.2) is 17.1 Å². The van der Waals surface area contributed by atoms with Crippen LogP contribution in [0.5, 0.6) is 0 Å². The van der Waals surface area contributed by atoms with Crippen molar-refractivity contribution < 1.29 is 0 Å². The molecule has 96 valence electrons. The van der Waals surface area contributed by atoms with E-state index >= 15 is 0 Å². The Labute approximate surface area is 108 Å². The van der Waals surface area contributed by atoms with Crippen LogP contribution in [0.4, 0.5) is 0 Å². The zero-order valence-corrected chi connectivity index (χ0v) is 11.8. The number of rotatable bonds is 3. The number of nitrogens with zero attached hydrogens (tertiary/aromatic N) is 1. The first-order chi connectivity index (χ1) is 8.06.